The van der Waals surface area contributed by atoms with Gasteiger partial charge in [0, 0.05) is 0 Å². The van der Waals surface area contributed by atoms with Crippen LogP contribution < -0.4 is 5.01 Å². The summed E-state index contributed by atoms with van der Waals surface area (Å²) in [5, 5.41) is 24.0. The van der Waals surface area contributed by atoms with Gasteiger partial charge in [-0.2, -0.15) is 10.4 Å². The number of halogens is 1. The SMILES string of the molecule is N#CC1=C(Cl)C(O)N(c2ccccc2)N=C1. The largest absolute Gasteiger partial charge is 0.367 e. The van der Waals surface area contributed by atoms with Crippen molar-refractivity contribution in [2.24, 2.45) is 5.10 Å². The average Bonchev–Trinajstić information content (AvgIpc) is 2.34. The van der Waals surface area contributed by atoms with Gasteiger partial charge in [0.05, 0.1) is 22.5 Å². The first-order valence-corrected chi connectivity index (χ1v) is 4.98. The van der Waals surface area contributed by atoms with Crippen molar-refractivity contribution in [1.29, 1.82) is 5.26 Å². The van der Waals surface area contributed by atoms with E-state index >= 15 is 0 Å². The van der Waals surface area contributed by atoms with Gasteiger partial charge in [0.25, 0.3) is 0 Å². The molecule has 5 heteroatoms. The van der Waals surface area contributed by atoms with Crippen LogP contribution in [0.15, 0.2) is 46.0 Å². The van der Waals surface area contributed by atoms with Gasteiger partial charge in [-0.15, -0.1) is 0 Å². The molecule has 0 radical (unpaired) electrons. The summed E-state index contributed by atoms with van der Waals surface area (Å²) in [5.74, 6) is 0. The van der Waals surface area contributed by atoms with Gasteiger partial charge in [-0.05, 0) is 12.1 Å². The number of aliphatic hydroxyl groups excluding tert-OH is 1. The summed E-state index contributed by atoms with van der Waals surface area (Å²) in [6.07, 6.45) is 0.228. The lowest BCUT2D eigenvalue weighted by Gasteiger charge is -2.27. The Morgan fingerprint density at radius 1 is 1.38 bits per heavy atom. The highest BCUT2D eigenvalue weighted by molar-refractivity contribution is 6.32. The Balaban J connectivity index is 2.34. The van der Waals surface area contributed by atoms with Gasteiger partial charge in [0.15, 0.2) is 6.23 Å². The summed E-state index contributed by atoms with van der Waals surface area (Å²) < 4.78 is 0. The van der Waals surface area contributed by atoms with Crippen molar-refractivity contribution in [2.75, 3.05) is 5.01 Å². The second-order valence-electron chi connectivity index (χ2n) is 3.17. The van der Waals surface area contributed by atoms with Gasteiger partial charge in [-0.1, -0.05) is 29.8 Å². The smallest absolute Gasteiger partial charge is 0.185 e. The normalized spacial score (nSPS) is 19.8. The van der Waals surface area contributed by atoms with E-state index in [1.165, 1.54) is 11.2 Å². The molecule has 1 aromatic rings. The van der Waals surface area contributed by atoms with Crippen LogP contribution in [0.4, 0.5) is 5.69 Å². The predicted octanol–water partition coefficient (Wildman–Crippen LogP) is 1.83. The van der Waals surface area contributed by atoms with Crippen LogP contribution in [0.1, 0.15) is 0 Å². The maximum atomic E-state index is 9.86. The molecule has 1 aliphatic heterocycles. The zero-order chi connectivity index (χ0) is 11.5. The van der Waals surface area contributed by atoms with Crippen LogP contribution in [-0.4, -0.2) is 17.5 Å². The number of hydrazone groups is 1. The molecule has 2 rings (SSSR count). The minimum atomic E-state index is -1.11. The predicted molar refractivity (Wildman–Crippen MR) is 61.9 cm³/mol. The Hall–Kier alpha value is -1.83. The van der Waals surface area contributed by atoms with Crippen molar-refractivity contribution in [3.05, 3.63) is 40.9 Å². The fourth-order valence-corrected chi connectivity index (χ4v) is 1.55. The molecule has 0 spiro atoms. The number of hydrogen-bond donors (Lipinski definition) is 1. The van der Waals surface area contributed by atoms with Crippen LogP contribution in [0.5, 0.6) is 0 Å². The number of nitrogens with zero attached hydrogens (tertiary/aromatic N) is 3. The third kappa shape index (κ3) is 1.78. The Bertz CT molecular complexity index is 490. The van der Waals surface area contributed by atoms with Gasteiger partial charge in [0.2, 0.25) is 0 Å². The van der Waals surface area contributed by atoms with Gasteiger partial charge < -0.3 is 5.11 Å². The maximum absolute atomic E-state index is 9.86. The highest BCUT2D eigenvalue weighted by Gasteiger charge is 2.24. The van der Waals surface area contributed by atoms with Crippen molar-refractivity contribution in [3.63, 3.8) is 0 Å². The standard InChI is InChI=1S/C11H8ClN3O/c12-10-8(6-13)7-14-15(11(10)16)9-4-2-1-3-5-9/h1-5,7,11,16H. The summed E-state index contributed by atoms with van der Waals surface area (Å²) in [6.45, 7) is 0. The molecule has 1 aliphatic rings. The fraction of sp³-hybridized carbons (Fsp3) is 0.0909. The molecule has 1 unspecified atom stereocenters. The van der Waals surface area contributed by atoms with Crippen LogP contribution >= 0.6 is 11.6 Å². The van der Waals surface area contributed by atoms with E-state index in [1.807, 2.05) is 24.3 Å². The highest BCUT2D eigenvalue weighted by atomic mass is 35.5. The van der Waals surface area contributed by atoms with E-state index in [2.05, 4.69) is 5.10 Å². The summed E-state index contributed by atoms with van der Waals surface area (Å²) in [6, 6.07) is 11.0. The van der Waals surface area contributed by atoms with Crippen molar-refractivity contribution >= 4 is 23.5 Å². The van der Waals surface area contributed by atoms with E-state index in [0.717, 1.165) is 0 Å². The van der Waals surface area contributed by atoms with Crippen molar-refractivity contribution in [1.82, 2.24) is 0 Å². The van der Waals surface area contributed by atoms with E-state index in [0.29, 0.717) is 5.69 Å². The van der Waals surface area contributed by atoms with E-state index in [4.69, 9.17) is 16.9 Å². The topological polar surface area (TPSA) is 59.6 Å². The second kappa shape index (κ2) is 4.35. The van der Waals surface area contributed by atoms with Crippen LogP contribution in [0.3, 0.4) is 0 Å². The zero-order valence-corrected chi connectivity index (χ0v) is 8.96. The Morgan fingerprint density at radius 3 is 2.69 bits per heavy atom. The first-order chi connectivity index (χ1) is 7.74. The number of anilines is 1. The minimum Gasteiger partial charge on any atom is -0.367 e. The summed E-state index contributed by atoms with van der Waals surface area (Å²) in [5.41, 5.74) is 0.891. The molecule has 0 bridgehead atoms. The molecule has 0 amide bonds. The number of benzene rings is 1. The summed E-state index contributed by atoms with van der Waals surface area (Å²) in [4.78, 5) is 0. The van der Waals surface area contributed by atoms with Gasteiger partial charge >= 0.3 is 0 Å². The first kappa shape index (κ1) is 10.7. The highest BCUT2D eigenvalue weighted by Crippen LogP contribution is 2.26. The first-order valence-electron chi connectivity index (χ1n) is 4.60. The van der Waals surface area contributed by atoms with Crippen LogP contribution in [0, 0.1) is 11.3 Å². The van der Waals surface area contributed by atoms with Crippen LogP contribution in [-0.2, 0) is 0 Å². The van der Waals surface area contributed by atoms with Crippen molar-refractivity contribution in [2.45, 2.75) is 6.23 Å². The monoisotopic (exact) mass is 233 g/mol. The molecule has 0 aromatic heterocycles. The number of para-hydroxylation sites is 1. The number of rotatable bonds is 1. The maximum Gasteiger partial charge on any atom is 0.185 e. The number of nitriles is 1. The molecule has 1 N–H and O–H groups in total. The minimum absolute atomic E-state index is 0.0846. The quantitative estimate of drug-likeness (QED) is 0.805. The van der Waals surface area contributed by atoms with E-state index < -0.39 is 6.23 Å². The molecule has 0 fully saturated rings. The summed E-state index contributed by atoms with van der Waals surface area (Å²) in [7, 11) is 0. The van der Waals surface area contributed by atoms with Gasteiger partial charge in [0.1, 0.15) is 6.07 Å². The van der Waals surface area contributed by atoms with E-state index in [-0.39, 0.29) is 10.6 Å². The third-order valence-corrected chi connectivity index (χ3v) is 2.57. The number of allylic oxidation sites excluding steroid dienone is 1. The van der Waals surface area contributed by atoms with Crippen LogP contribution in [0.25, 0.3) is 0 Å². The molecule has 0 saturated heterocycles. The lowest BCUT2D eigenvalue weighted by molar-refractivity contribution is 0.211. The molecule has 1 heterocycles. The molecular formula is C11H8ClN3O. The Labute approximate surface area is 97.7 Å². The zero-order valence-electron chi connectivity index (χ0n) is 8.21. The molecular weight excluding hydrogens is 226 g/mol. The molecule has 0 aliphatic carbocycles. The summed E-state index contributed by atoms with van der Waals surface area (Å²) >= 11 is 5.85. The van der Waals surface area contributed by atoms with E-state index in [9.17, 15) is 5.11 Å². The number of hydrogen-bond acceptors (Lipinski definition) is 4. The van der Waals surface area contributed by atoms with Crippen LogP contribution in [0.2, 0.25) is 0 Å². The van der Waals surface area contributed by atoms with Gasteiger partial charge in [-0.25, -0.2) is 5.01 Å². The molecule has 1 atom stereocenters. The molecule has 80 valence electrons. The lowest BCUT2D eigenvalue weighted by Crippen LogP contribution is -2.34. The molecule has 4 nitrogen and oxygen atoms in total. The molecule has 1 aromatic carbocycles. The second-order valence-corrected chi connectivity index (χ2v) is 3.58. The van der Waals surface area contributed by atoms with Crippen molar-refractivity contribution < 1.29 is 5.11 Å². The third-order valence-electron chi connectivity index (χ3n) is 2.17. The van der Waals surface area contributed by atoms with E-state index in [1.54, 1.807) is 12.1 Å². The Morgan fingerprint density at radius 2 is 2.06 bits per heavy atom. The average molecular weight is 234 g/mol. The fourth-order valence-electron chi connectivity index (χ4n) is 1.36. The van der Waals surface area contributed by atoms with Crippen molar-refractivity contribution in [3.8, 4) is 6.07 Å². The Kier molecular flexibility index (Phi) is 2.91. The molecule has 16 heavy (non-hydrogen) atoms. The molecule has 0 saturated carbocycles. The van der Waals surface area contributed by atoms with Gasteiger partial charge in [-0.3, -0.25) is 0 Å². The number of aliphatic hydroxyl groups is 1. The lowest BCUT2D eigenvalue weighted by atomic mass is 10.2.